The maximum Gasteiger partial charge on any atom is 0.252 e. The van der Waals surface area contributed by atoms with Crippen LogP contribution >= 0.6 is 0 Å². The Kier molecular flexibility index (Phi) is 3.78. The summed E-state index contributed by atoms with van der Waals surface area (Å²) in [6.07, 6.45) is 0. The molecule has 0 aliphatic carbocycles. The quantitative estimate of drug-likeness (QED) is 0.665. The Morgan fingerprint density at radius 1 is 1.27 bits per heavy atom. The fourth-order valence-electron chi connectivity index (χ4n) is 2.10. The van der Waals surface area contributed by atoms with Gasteiger partial charge in [-0.25, -0.2) is 10.4 Å². The molecule has 0 radical (unpaired) electrons. The molecule has 7 heteroatoms. The molecule has 22 heavy (non-hydrogen) atoms. The highest BCUT2D eigenvalue weighted by Gasteiger charge is 2.12. The van der Waals surface area contributed by atoms with Gasteiger partial charge >= 0.3 is 0 Å². The van der Waals surface area contributed by atoms with Gasteiger partial charge in [0.25, 0.3) is 5.56 Å². The predicted octanol–water partition coefficient (Wildman–Crippen LogP) is 1.69. The fourth-order valence-corrected chi connectivity index (χ4v) is 2.10. The third kappa shape index (κ3) is 3.08. The fraction of sp³-hybridized carbons (Fsp3) is 0.267. The van der Waals surface area contributed by atoms with E-state index in [-0.39, 0.29) is 5.56 Å². The van der Waals surface area contributed by atoms with E-state index in [1.54, 1.807) is 6.92 Å². The first-order valence-corrected chi connectivity index (χ1v) is 6.90. The van der Waals surface area contributed by atoms with Gasteiger partial charge in [-0.05, 0) is 32.0 Å². The van der Waals surface area contributed by atoms with Crippen molar-refractivity contribution < 1.29 is 9.47 Å². The standard InChI is InChI=1S/C15H16N4O3/c1-9-7-14(20)17-15(16-9)19-18-10(2)11-3-4-12-13(8-11)22-6-5-21-12/h3-4,7-8H,5-6H2,1-2H3,(H2,16,17,19,20)/b18-10-. The van der Waals surface area contributed by atoms with Crippen molar-refractivity contribution in [3.8, 4) is 11.5 Å². The monoisotopic (exact) mass is 300 g/mol. The van der Waals surface area contributed by atoms with Gasteiger partial charge in [0.2, 0.25) is 5.95 Å². The number of hydrogen-bond acceptors (Lipinski definition) is 6. The molecule has 114 valence electrons. The van der Waals surface area contributed by atoms with Crippen LogP contribution in [0.4, 0.5) is 5.95 Å². The topological polar surface area (TPSA) is 88.6 Å². The van der Waals surface area contributed by atoms with Crippen LogP contribution in [0.5, 0.6) is 11.5 Å². The molecule has 1 aliphatic rings. The molecule has 0 spiro atoms. The molecule has 1 aliphatic heterocycles. The lowest BCUT2D eigenvalue weighted by Gasteiger charge is -2.18. The first-order valence-electron chi connectivity index (χ1n) is 6.90. The average molecular weight is 300 g/mol. The minimum absolute atomic E-state index is 0.220. The van der Waals surface area contributed by atoms with E-state index in [9.17, 15) is 4.79 Å². The summed E-state index contributed by atoms with van der Waals surface area (Å²) in [5.41, 5.74) is 4.79. The Bertz CT molecular complexity index is 783. The van der Waals surface area contributed by atoms with Crippen molar-refractivity contribution in [2.24, 2.45) is 5.10 Å². The second-order valence-corrected chi connectivity index (χ2v) is 4.90. The van der Waals surface area contributed by atoms with Gasteiger partial charge in [-0.2, -0.15) is 5.10 Å². The SMILES string of the molecule is C/C(=N/Nc1nc(C)cc(=O)[nH]1)c1ccc2c(c1)OCCO2. The van der Waals surface area contributed by atoms with Crippen LogP contribution in [0.2, 0.25) is 0 Å². The number of aryl methyl sites for hydroxylation is 1. The molecule has 0 bridgehead atoms. The molecule has 0 fully saturated rings. The van der Waals surface area contributed by atoms with Crippen LogP contribution in [0.25, 0.3) is 0 Å². The van der Waals surface area contributed by atoms with Crippen molar-refractivity contribution in [2.45, 2.75) is 13.8 Å². The van der Waals surface area contributed by atoms with Crippen LogP contribution in [0.1, 0.15) is 18.2 Å². The highest BCUT2D eigenvalue weighted by Crippen LogP contribution is 2.30. The van der Waals surface area contributed by atoms with Crippen molar-refractivity contribution in [3.63, 3.8) is 0 Å². The lowest BCUT2D eigenvalue weighted by atomic mass is 10.1. The Morgan fingerprint density at radius 2 is 2.05 bits per heavy atom. The number of anilines is 1. The number of H-pyrrole nitrogens is 1. The zero-order valence-electron chi connectivity index (χ0n) is 12.3. The van der Waals surface area contributed by atoms with Crippen molar-refractivity contribution in [1.29, 1.82) is 0 Å². The minimum atomic E-state index is -0.220. The summed E-state index contributed by atoms with van der Waals surface area (Å²) in [5, 5.41) is 4.23. The zero-order valence-corrected chi connectivity index (χ0v) is 12.3. The van der Waals surface area contributed by atoms with Crippen LogP contribution in [0.3, 0.4) is 0 Å². The molecule has 0 unspecified atom stereocenters. The van der Waals surface area contributed by atoms with E-state index in [0.29, 0.717) is 30.6 Å². The summed E-state index contributed by atoms with van der Waals surface area (Å²) in [5.74, 6) is 1.75. The second kappa shape index (κ2) is 5.88. The van der Waals surface area contributed by atoms with E-state index in [0.717, 1.165) is 17.0 Å². The highest BCUT2D eigenvalue weighted by molar-refractivity contribution is 5.99. The third-order valence-electron chi connectivity index (χ3n) is 3.16. The summed E-state index contributed by atoms with van der Waals surface area (Å²) >= 11 is 0. The maximum atomic E-state index is 11.4. The minimum Gasteiger partial charge on any atom is -0.486 e. The molecule has 0 atom stereocenters. The molecule has 2 heterocycles. The van der Waals surface area contributed by atoms with E-state index < -0.39 is 0 Å². The lowest BCUT2D eigenvalue weighted by molar-refractivity contribution is 0.171. The first-order chi connectivity index (χ1) is 10.6. The Morgan fingerprint density at radius 3 is 2.82 bits per heavy atom. The first kappa shape index (κ1) is 14.1. The Labute approximate surface area is 127 Å². The van der Waals surface area contributed by atoms with Crippen LogP contribution < -0.4 is 20.5 Å². The number of nitrogens with zero attached hydrogens (tertiary/aromatic N) is 2. The van der Waals surface area contributed by atoms with Gasteiger partial charge in [-0.15, -0.1) is 0 Å². The number of aromatic nitrogens is 2. The molecular weight excluding hydrogens is 284 g/mol. The molecule has 1 aromatic heterocycles. The van der Waals surface area contributed by atoms with E-state index in [4.69, 9.17) is 9.47 Å². The molecule has 2 aromatic rings. The van der Waals surface area contributed by atoms with Crippen LogP contribution in [0, 0.1) is 6.92 Å². The number of hydrogen-bond donors (Lipinski definition) is 2. The van der Waals surface area contributed by atoms with Crippen LogP contribution in [-0.2, 0) is 0 Å². The molecule has 1 aromatic carbocycles. The van der Waals surface area contributed by atoms with E-state index in [1.165, 1.54) is 6.07 Å². The number of nitrogens with one attached hydrogen (secondary N) is 2. The summed E-state index contributed by atoms with van der Waals surface area (Å²) in [6.45, 7) is 4.71. The largest absolute Gasteiger partial charge is 0.486 e. The van der Waals surface area contributed by atoms with Gasteiger partial charge in [0.15, 0.2) is 11.5 Å². The number of aromatic amines is 1. The number of ether oxygens (including phenoxy) is 2. The molecule has 3 rings (SSSR count). The summed E-state index contributed by atoms with van der Waals surface area (Å²) in [4.78, 5) is 18.1. The predicted molar refractivity (Wildman–Crippen MR) is 82.9 cm³/mol. The number of fused-ring (bicyclic) bond motifs is 1. The molecule has 0 saturated carbocycles. The second-order valence-electron chi connectivity index (χ2n) is 4.90. The molecule has 7 nitrogen and oxygen atoms in total. The summed E-state index contributed by atoms with van der Waals surface area (Å²) in [7, 11) is 0. The van der Waals surface area contributed by atoms with E-state index in [1.807, 2.05) is 25.1 Å². The normalized spacial score (nSPS) is 13.8. The van der Waals surface area contributed by atoms with Gasteiger partial charge in [-0.1, -0.05) is 0 Å². The highest BCUT2D eigenvalue weighted by atomic mass is 16.6. The molecule has 0 saturated heterocycles. The van der Waals surface area contributed by atoms with Crippen molar-refractivity contribution in [2.75, 3.05) is 18.6 Å². The van der Waals surface area contributed by atoms with Crippen molar-refractivity contribution in [3.05, 3.63) is 45.9 Å². The number of hydrazone groups is 1. The summed E-state index contributed by atoms with van der Waals surface area (Å²) in [6, 6.07) is 7.06. The van der Waals surface area contributed by atoms with Gasteiger partial charge in [-0.3, -0.25) is 9.78 Å². The van der Waals surface area contributed by atoms with Gasteiger partial charge < -0.3 is 9.47 Å². The zero-order chi connectivity index (χ0) is 15.5. The van der Waals surface area contributed by atoms with Gasteiger partial charge in [0.05, 0.1) is 5.71 Å². The summed E-state index contributed by atoms with van der Waals surface area (Å²) < 4.78 is 11.0. The van der Waals surface area contributed by atoms with Crippen LogP contribution in [-0.4, -0.2) is 28.9 Å². The van der Waals surface area contributed by atoms with Crippen molar-refractivity contribution in [1.82, 2.24) is 9.97 Å². The smallest absolute Gasteiger partial charge is 0.252 e. The number of rotatable bonds is 3. The lowest BCUT2D eigenvalue weighted by Crippen LogP contribution is -2.15. The third-order valence-corrected chi connectivity index (χ3v) is 3.16. The van der Waals surface area contributed by atoms with Gasteiger partial charge in [0.1, 0.15) is 13.2 Å². The number of benzene rings is 1. The Balaban J connectivity index is 1.80. The van der Waals surface area contributed by atoms with Crippen LogP contribution in [0.15, 0.2) is 34.2 Å². The van der Waals surface area contributed by atoms with E-state index >= 15 is 0 Å². The van der Waals surface area contributed by atoms with Crippen molar-refractivity contribution >= 4 is 11.7 Å². The maximum absolute atomic E-state index is 11.4. The molecule has 2 N–H and O–H groups in total. The average Bonchev–Trinajstić information content (AvgIpc) is 2.51. The molecule has 0 amide bonds. The Hall–Kier alpha value is -2.83. The van der Waals surface area contributed by atoms with E-state index in [2.05, 4.69) is 20.5 Å². The van der Waals surface area contributed by atoms with Gasteiger partial charge in [0, 0.05) is 17.3 Å². The molecular formula is C15H16N4O3.